The molecule has 0 saturated heterocycles. The van der Waals surface area contributed by atoms with Crippen molar-refractivity contribution >= 4 is 11.7 Å². The van der Waals surface area contributed by atoms with Gasteiger partial charge in [-0.1, -0.05) is 6.92 Å². The van der Waals surface area contributed by atoms with Gasteiger partial charge < -0.3 is 10.6 Å². The molecule has 2 N–H and O–H groups in total. The topological polar surface area (TPSA) is 90.7 Å². The highest BCUT2D eigenvalue weighted by Gasteiger charge is 2.00. The quantitative estimate of drug-likeness (QED) is 0.742. The Labute approximate surface area is 93.7 Å². The van der Waals surface area contributed by atoms with Crippen molar-refractivity contribution in [1.29, 1.82) is 5.26 Å². The molecule has 0 aliphatic carbocycles. The van der Waals surface area contributed by atoms with E-state index in [-0.39, 0.29) is 18.1 Å². The molecule has 1 heterocycles. The lowest BCUT2D eigenvalue weighted by Crippen LogP contribution is -2.30. The maximum atomic E-state index is 11.2. The summed E-state index contributed by atoms with van der Waals surface area (Å²) in [5.41, 5.74) is 0.251. The molecule has 0 saturated carbocycles. The Morgan fingerprint density at radius 3 is 2.88 bits per heavy atom. The molecule has 1 aromatic heterocycles. The van der Waals surface area contributed by atoms with E-state index < -0.39 is 0 Å². The minimum absolute atomic E-state index is 0.0898. The van der Waals surface area contributed by atoms with Crippen LogP contribution in [0.15, 0.2) is 12.4 Å². The molecule has 6 heteroatoms. The fourth-order valence-electron chi connectivity index (χ4n) is 0.975. The number of hydrogen-bond donors (Lipinski definition) is 2. The van der Waals surface area contributed by atoms with Gasteiger partial charge in [-0.25, -0.2) is 9.97 Å². The molecule has 1 aromatic rings. The lowest BCUT2D eigenvalue weighted by atomic mass is 10.4. The standard InChI is InChI=1S/C10H13N5O/c1-2-3-12-10(16)7-15-9-6-13-8(4-11)5-14-9/h5-6H,2-3,7H2,1H3,(H,12,16)(H,14,15). The van der Waals surface area contributed by atoms with Gasteiger partial charge in [-0.3, -0.25) is 4.79 Å². The number of aromatic nitrogens is 2. The smallest absolute Gasteiger partial charge is 0.239 e. The number of carbonyl (C=O) groups is 1. The molecule has 0 bridgehead atoms. The van der Waals surface area contributed by atoms with Gasteiger partial charge in [0.25, 0.3) is 0 Å². The summed E-state index contributed by atoms with van der Waals surface area (Å²) in [4.78, 5) is 19.0. The second kappa shape index (κ2) is 6.35. The normalized spacial score (nSPS) is 9.25. The molecular weight excluding hydrogens is 206 g/mol. The minimum atomic E-state index is -0.0898. The van der Waals surface area contributed by atoms with Crippen LogP contribution in [0.4, 0.5) is 5.82 Å². The third-order valence-corrected chi connectivity index (χ3v) is 1.77. The highest BCUT2D eigenvalue weighted by Crippen LogP contribution is 1.98. The molecule has 1 rings (SSSR count). The molecule has 0 fully saturated rings. The Hall–Kier alpha value is -2.16. The van der Waals surface area contributed by atoms with E-state index in [1.54, 1.807) is 0 Å². The first-order chi connectivity index (χ1) is 7.76. The van der Waals surface area contributed by atoms with Crippen molar-refractivity contribution in [3.63, 3.8) is 0 Å². The fraction of sp³-hybridized carbons (Fsp3) is 0.400. The van der Waals surface area contributed by atoms with Gasteiger partial charge in [-0.05, 0) is 6.42 Å². The largest absolute Gasteiger partial charge is 0.360 e. The van der Waals surface area contributed by atoms with Gasteiger partial charge in [0.15, 0.2) is 5.69 Å². The van der Waals surface area contributed by atoms with E-state index >= 15 is 0 Å². The lowest BCUT2D eigenvalue weighted by Gasteiger charge is -2.05. The Balaban J connectivity index is 2.37. The van der Waals surface area contributed by atoms with Crippen molar-refractivity contribution in [1.82, 2.24) is 15.3 Å². The number of rotatable bonds is 5. The fourth-order valence-corrected chi connectivity index (χ4v) is 0.975. The number of nitrogens with zero attached hydrogens (tertiary/aromatic N) is 3. The molecule has 0 atom stereocenters. The van der Waals surface area contributed by atoms with Crippen molar-refractivity contribution < 1.29 is 4.79 Å². The van der Waals surface area contributed by atoms with Crippen LogP contribution in [0.2, 0.25) is 0 Å². The van der Waals surface area contributed by atoms with Crippen LogP contribution in [0.3, 0.4) is 0 Å². The average Bonchev–Trinajstić information content (AvgIpc) is 2.34. The zero-order valence-electron chi connectivity index (χ0n) is 9.03. The second-order valence-corrected chi connectivity index (χ2v) is 3.10. The van der Waals surface area contributed by atoms with Crippen molar-refractivity contribution in [2.45, 2.75) is 13.3 Å². The minimum Gasteiger partial charge on any atom is -0.360 e. The Morgan fingerprint density at radius 2 is 2.31 bits per heavy atom. The zero-order valence-corrected chi connectivity index (χ0v) is 9.03. The van der Waals surface area contributed by atoms with Crippen LogP contribution in [0.5, 0.6) is 0 Å². The molecule has 0 unspecified atom stereocenters. The van der Waals surface area contributed by atoms with Gasteiger partial charge in [-0.2, -0.15) is 5.26 Å². The molecule has 6 nitrogen and oxygen atoms in total. The lowest BCUT2D eigenvalue weighted by molar-refractivity contribution is -0.119. The van der Waals surface area contributed by atoms with E-state index in [9.17, 15) is 4.79 Å². The monoisotopic (exact) mass is 219 g/mol. The molecule has 84 valence electrons. The molecule has 0 aliphatic heterocycles. The van der Waals surface area contributed by atoms with E-state index in [1.807, 2.05) is 13.0 Å². The molecule has 16 heavy (non-hydrogen) atoms. The Bertz CT molecular complexity index is 381. The molecule has 0 aliphatic rings. The van der Waals surface area contributed by atoms with Crippen molar-refractivity contribution in [3.8, 4) is 6.07 Å². The van der Waals surface area contributed by atoms with Crippen LogP contribution in [-0.4, -0.2) is 29.0 Å². The van der Waals surface area contributed by atoms with Crippen molar-refractivity contribution in [2.24, 2.45) is 0 Å². The maximum absolute atomic E-state index is 11.2. The van der Waals surface area contributed by atoms with E-state index in [0.29, 0.717) is 12.4 Å². The molecule has 0 radical (unpaired) electrons. The van der Waals surface area contributed by atoms with Gasteiger partial charge >= 0.3 is 0 Å². The molecular formula is C10H13N5O. The Kier molecular flexibility index (Phi) is 4.73. The van der Waals surface area contributed by atoms with E-state index in [4.69, 9.17) is 5.26 Å². The van der Waals surface area contributed by atoms with Gasteiger partial charge in [0.1, 0.15) is 11.9 Å². The zero-order chi connectivity index (χ0) is 11.8. The number of nitriles is 1. The number of carbonyl (C=O) groups excluding carboxylic acids is 1. The second-order valence-electron chi connectivity index (χ2n) is 3.10. The number of nitrogens with one attached hydrogen (secondary N) is 2. The van der Waals surface area contributed by atoms with E-state index in [1.165, 1.54) is 12.4 Å². The van der Waals surface area contributed by atoms with Crippen LogP contribution in [0.1, 0.15) is 19.0 Å². The number of amides is 1. The first kappa shape index (κ1) is 11.9. The van der Waals surface area contributed by atoms with Crippen LogP contribution >= 0.6 is 0 Å². The van der Waals surface area contributed by atoms with Crippen molar-refractivity contribution in [2.75, 3.05) is 18.4 Å². The summed E-state index contributed by atoms with van der Waals surface area (Å²) in [6.45, 7) is 2.81. The summed E-state index contributed by atoms with van der Waals surface area (Å²) in [7, 11) is 0. The van der Waals surface area contributed by atoms with Gasteiger partial charge in [-0.15, -0.1) is 0 Å². The number of hydrogen-bond acceptors (Lipinski definition) is 5. The summed E-state index contributed by atoms with van der Waals surface area (Å²) >= 11 is 0. The summed E-state index contributed by atoms with van der Waals surface area (Å²) in [6, 6.07) is 1.87. The predicted molar refractivity (Wildman–Crippen MR) is 58.5 cm³/mol. The SMILES string of the molecule is CCCNC(=O)CNc1cnc(C#N)cn1. The van der Waals surface area contributed by atoms with Gasteiger partial charge in [0, 0.05) is 6.54 Å². The molecule has 1 amide bonds. The van der Waals surface area contributed by atoms with E-state index in [2.05, 4.69) is 20.6 Å². The van der Waals surface area contributed by atoms with Crippen LogP contribution in [0, 0.1) is 11.3 Å². The summed E-state index contributed by atoms with van der Waals surface area (Å²) in [5, 5.41) is 14.0. The van der Waals surface area contributed by atoms with E-state index in [0.717, 1.165) is 6.42 Å². The van der Waals surface area contributed by atoms with Gasteiger partial charge in [0.2, 0.25) is 5.91 Å². The predicted octanol–water partition coefficient (Wildman–Crippen LogP) is 0.286. The Morgan fingerprint density at radius 1 is 1.50 bits per heavy atom. The third kappa shape index (κ3) is 3.92. The first-order valence-electron chi connectivity index (χ1n) is 4.99. The number of anilines is 1. The highest BCUT2D eigenvalue weighted by molar-refractivity contribution is 5.80. The summed E-state index contributed by atoms with van der Waals surface area (Å²) in [6.07, 6.45) is 3.68. The third-order valence-electron chi connectivity index (χ3n) is 1.77. The van der Waals surface area contributed by atoms with Crippen LogP contribution in [-0.2, 0) is 4.79 Å². The summed E-state index contributed by atoms with van der Waals surface area (Å²) < 4.78 is 0. The molecule has 0 spiro atoms. The van der Waals surface area contributed by atoms with Crippen LogP contribution < -0.4 is 10.6 Å². The van der Waals surface area contributed by atoms with Crippen molar-refractivity contribution in [3.05, 3.63) is 18.1 Å². The molecule has 0 aromatic carbocycles. The maximum Gasteiger partial charge on any atom is 0.239 e. The summed E-state index contributed by atoms with van der Waals surface area (Å²) in [5.74, 6) is 0.388. The first-order valence-corrected chi connectivity index (χ1v) is 4.99. The van der Waals surface area contributed by atoms with Gasteiger partial charge in [0.05, 0.1) is 18.9 Å². The highest BCUT2D eigenvalue weighted by atomic mass is 16.1. The van der Waals surface area contributed by atoms with Crippen LogP contribution in [0.25, 0.3) is 0 Å². The average molecular weight is 219 g/mol.